The molecule has 0 saturated heterocycles. The average Bonchev–Trinajstić information content (AvgIpc) is 2.28. The van der Waals surface area contributed by atoms with Gasteiger partial charge in [-0.25, -0.2) is 0 Å². The minimum atomic E-state index is -0.383. The van der Waals surface area contributed by atoms with Crippen molar-refractivity contribution in [1.29, 1.82) is 0 Å². The Balaban J connectivity index is 2.50. The predicted octanol–water partition coefficient (Wildman–Crippen LogP) is 4.20. The van der Waals surface area contributed by atoms with Crippen LogP contribution in [0.5, 0.6) is 0 Å². The van der Waals surface area contributed by atoms with E-state index < -0.39 is 0 Å². The van der Waals surface area contributed by atoms with E-state index in [2.05, 4.69) is 0 Å². The third-order valence-electron chi connectivity index (χ3n) is 2.98. The summed E-state index contributed by atoms with van der Waals surface area (Å²) in [6, 6.07) is 15.8. The van der Waals surface area contributed by atoms with Crippen molar-refractivity contribution in [1.82, 2.24) is 0 Å². The van der Waals surface area contributed by atoms with Crippen molar-refractivity contribution in [2.75, 3.05) is 0 Å². The lowest BCUT2D eigenvalue weighted by Crippen LogP contribution is -2.09. The van der Waals surface area contributed by atoms with Crippen molar-refractivity contribution < 1.29 is 4.79 Å². The summed E-state index contributed by atoms with van der Waals surface area (Å²) in [5.74, 6) is -0.383. The molecule has 0 saturated carbocycles. The normalized spacial score (nSPS) is 10.7. The zero-order chi connectivity index (χ0) is 13.1. The van der Waals surface area contributed by atoms with Crippen molar-refractivity contribution in [2.45, 2.75) is 19.8 Å². The fourth-order valence-corrected chi connectivity index (χ4v) is 2.41. The number of hydrogen-bond donors (Lipinski definition) is 0. The van der Waals surface area contributed by atoms with Gasteiger partial charge in [-0.2, -0.15) is 0 Å². The van der Waals surface area contributed by atoms with E-state index in [1.54, 1.807) is 0 Å². The number of benzene rings is 2. The fraction of sp³-hybridized carbons (Fsp3) is 0.188. The molecule has 0 spiro atoms. The molecule has 0 fully saturated rings. The van der Waals surface area contributed by atoms with Crippen molar-refractivity contribution in [3.05, 3.63) is 70.8 Å². The highest BCUT2D eigenvalue weighted by molar-refractivity contribution is 6.65. The third kappa shape index (κ3) is 2.80. The Bertz CT molecular complexity index is 529. The molecule has 0 heterocycles. The molecule has 0 N–H and O–H groups in total. The molecule has 0 radical (unpaired) electrons. The predicted molar refractivity (Wildman–Crippen MR) is 75.1 cm³/mol. The maximum atomic E-state index is 11.7. The third-order valence-corrected chi connectivity index (χ3v) is 3.20. The molecular formula is C16H15ClO. The smallest absolute Gasteiger partial charge is 0.233 e. The lowest BCUT2D eigenvalue weighted by Gasteiger charge is -2.14. The number of rotatable bonds is 3. The molecule has 18 heavy (non-hydrogen) atoms. The Morgan fingerprint density at radius 2 is 1.39 bits per heavy atom. The number of hydrogen-bond acceptors (Lipinski definition) is 1. The number of carbonyl (C=O) groups excluding carboxylic acids is 1. The van der Waals surface area contributed by atoms with E-state index in [4.69, 9.17) is 11.6 Å². The number of carbonyl (C=O) groups is 1. The van der Waals surface area contributed by atoms with E-state index in [0.29, 0.717) is 0 Å². The second-order valence-electron chi connectivity index (χ2n) is 4.57. The summed E-state index contributed by atoms with van der Waals surface area (Å²) in [7, 11) is 0. The van der Waals surface area contributed by atoms with Crippen LogP contribution in [0.1, 0.15) is 28.2 Å². The maximum Gasteiger partial charge on any atom is 0.233 e. The van der Waals surface area contributed by atoms with Gasteiger partial charge >= 0.3 is 0 Å². The molecule has 2 aromatic carbocycles. The number of aryl methyl sites for hydroxylation is 2. The minimum Gasteiger partial charge on any atom is -0.280 e. The van der Waals surface area contributed by atoms with Crippen LogP contribution in [0.25, 0.3) is 0 Å². The highest BCUT2D eigenvalue weighted by Gasteiger charge is 2.20. The molecule has 0 amide bonds. The molecular weight excluding hydrogens is 244 g/mol. The van der Waals surface area contributed by atoms with Crippen LogP contribution in [0, 0.1) is 13.8 Å². The van der Waals surface area contributed by atoms with Gasteiger partial charge in [-0.15, -0.1) is 0 Å². The Hall–Kier alpha value is -1.60. The van der Waals surface area contributed by atoms with Crippen LogP contribution in [-0.4, -0.2) is 5.24 Å². The first-order chi connectivity index (χ1) is 8.58. The second-order valence-corrected chi connectivity index (χ2v) is 4.94. The van der Waals surface area contributed by atoms with Gasteiger partial charge in [0.1, 0.15) is 0 Å². The second kappa shape index (κ2) is 5.36. The highest BCUT2D eigenvalue weighted by atomic mass is 35.5. The summed E-state index contributed by atoms with van der Waals surface area (Å²) in [5, 5.41) is -0.341. The van der Waals surface area contributed by atoms with Crippen LogP contribution in [0.15, 0.2) is 48.5 Å². The van der Waals surface area contributed by atoms with Crippen LogP contribution in [0.2, 0.25) is 0 Å². The Morgan fingerprint density at radius 3 is 1.72 bits per heavy atom. The Kier molecular flexibility index (Phi) is 3.83. The lowest BCUT2D eigenvalue weighted by atomic mass is 9.91. The van der Waals surface area contributed by atoms with Crippen LogP contribution < -0.4 is 0 Å². The largest absolute Gasteiger partial charge is 0.280 e. The number of halogens is 1. The van der Waals surface area contributed by atoms with Gasteiger partial charge < -0.3 is 0 Å². The first kappa shape index (κ1) is 12.8. The fourth-order valence-electron chi connectivity index (χ4n) is 2.15. The van der Waals surface area contributed by atoms with Gasteiger partial charge in [0.05, 0.1) is 5.92 Å². The van der Waals surface area contributed by atoms with Crippen molar-refractivity contribution in [2.24, 2.45) is 0 Å². The molecule has 0 unspecified atom stereocenters. The maximum absolute atomic E-state index is 11.7. The molecule has 1 nitrogen and oxygen atoms in total. The molecule has 2 aromatic rings. The topological polar surface area (TPSA) is 17.1 Å². The Labute approximate surface area is 112 Å². The van der Waals surface area contributed by atoms with Gasteiger partial charge in [-0.1, -0.05) is 59.7 Å². The van der Waals surface area contributed by atoms with Crippen molar-refractivity contribution >= 4 is 16.8 Å². The van der Waals surface area contributed by atoms with E-state index in [0.717, 1.165) is 22.3 Å². The van der Waals surface area contributed by atoms with Gasteiger partial charge in [0.2, 0.25) is 5.24 Å². The van der Waals surface area contributed by atoms with Crippen molar-refractivity contribution in [3.63, 3.8) is 0 Å². The van der Waals surface area contributed by atoms with E-state index >= 15 is 0 Å². The summed E-state index contributed by atoms with van der Waals surface area (Å²) >= 11 is 5.78. The van der Waals surface area contributed by atoms with Gasteiger partial charge in [0.25, 0.3) is 0 Å². The molecule has 0 aliphatic carbocycles. The van der Waals surface area contributed by atoms with Crippen LogP contribution in [0.4, 0.5) is 0 Å². The molecule has 0 aliphatic rings. The zero-order valence-electron chi connectivity index (χ0n) is 10.5. The Morgan fingerprint density at radius 1 is 0.944 bits per heavy atom. The SMILES string of the molecule is Cc1cccc(C(C(=O)Cl)c2cccc(C)c2)c1. The van der Waals surface area contributed by atoms with E-state index in [9.17, 15) is 4.79 Å². The zero-order valence-corrected chi connectivity index (χ0v) is 11.2. The average molecular weight is 259 g/mol. The first-order valence-corrected chi connectivity index (χ1v) is 6.28. The van der Waals surface area contributed by atoms with E-state index in [1.807, 2.05) is 62.4 Å². The summed E-state index contributed by atoms with van der Waals surface area (Å²) < 4.78 is 0. The monoisotopic (exact) mass is 258 g/mol. The summed E-state index contributed by atoms with van der Waals surface area (Å²) in [4.78, 5) is 11.7. The summed E-state index contributed by atoms with van der Waals surface area (Å²) in [6.45, 7) is 4.02. The van der Waals surface area contributed by atoms with Crippen LogP contribution >= 0.6 is 11.6 Å². The first-order valence-electron chi connectivity index (χ1n) is 5.90. The summed E-state index contributed by atoms with van der Waals surface area (Å²) in [5.41, 5.74) is 4.15. The molecule has 2 heteroatoms. The molecule has 0 aliphatic heterocycles. The van der Waals surface area contributed by atoms with Crippen LogP contribution in [0.3, 0.4) is 0 Å². The van der Waals surface area contributed by atoms with Gasteiger partial charge in [0.15, 0.2) is 0 Å². The van der Waals surface area contributed by atoms with Gasteiger partial charge in [-0.3, -0.25) is 4.79 Å². The van der Waals surface area contributed by atoms with Gasteiger partial charge in [-0.05, 0) is 36.6 Å². The lowest BCUT2D eigenvalue weighted by molar-refractivity contribution is -0.112. The minimum absolute atomic E-state index is 0.341. The summed E-state index contributed by atoms with van der Waals surface area (Å²) in [6.07, 6.45) is 0. The standard InChI is InChI=1S/C16H15ClO/c1-11-5-3-7-13(9-11)15(16(17)18)14-8-4-6-12(2)10-14/h3-10,15H,1-2H3. The molecule has 0 bridgehead atoms. The molecule has 0 atom stereocenters. The van der Waals surface area contributed by atoms with Crippen molar-refractivity contribution in [3.8, 4) is 0 Å². The molecule has 2 rings (SSSR count). The van der Waals surface area contributed by atoms with Gasteiger partial charge in [0, 0.05) is 0 Å². The quantitative estimate of drug-likeness (QED) is 0.754. The van der Waals surface area contributed by atoms with E-state index in [1.165, 1.54) is 0 Å². The van der Waals surface area contributed by atoms with Crippen LogP contribution in [-0.2, 0) is 4.79 Å². The molecule has 0 aromatic heterocycles. The van der Waals surface area contributed by atoms with E-state index in [-0.39, 0.29) is 11.2 Å². The highest BCUT2D eigenvalue weighted by Crippen LogP contribution is 2.28. The molecule has 92 valence electrons.